The Morgan fingerprint density at radius 2 is 1.40 bits per heavy atom. The van der Waals surface area contributed by atoms with Gasteiger partial charge in [-0.1, -0.05) is 26.0 Å². The first-order valence-corrected chi connectivity index (χ1v) is 13.1. The van der Waals surface area contributed by atoms with E-state index in [-0.39, 0.29) is 36.6 Å². The zero-order chi connectivity index (χ0) is 30.8. The molecule has 222 valence electrons. The van der Waals surface area contributed by atoms with Crippen molar-refractivity contribution in [3.05, 3.63) is 100 Å². The highest BCUT2D eigenvalue weighted by molar-refractivity contribution is 5.73. The van der Waals surface area contributed by atoms with Crippen LogP contribution in [0, 0.1) is 13.8 Å². The first-order valence-electron chi connectivity index (χ1n) is 13.1. The molecule has 0 amide bonds. The second-order valence-corrected chi connectivity index (χ2v) is 10.4. The van der Waals surface area contributed by atoms with Crippen LogP contribution in [-0.4, -0.2) is 22.1 Å². The molecule has 0 aliphatic heterocycles. The number of alkyl halides is 6. The first-order chi connectivity index (χ1) is 19.7. The fourth-order valence-corrected chi connectivity index (χ4v) is 4.53. The maximum atomic E-state index is 13.6. The summed E-state index contributed by atoms with van der Waals surface area (Å²) >= 11 is 0. The van der Waals surface area contributed by atoms with Crippen molar-refractivity contribution in [3.8, 4) is 16.9 Å². The van der Waals surface area contributed by atoms with Crippen LogP contribution in [-0.2, 0) is 25.4 Å². The minimum Gasteiger partial charge on any atom is -0.496 e. The van der Waals surface area contributed by atoms with Gasteiger partial charge in [-0.3, -0.25) is 4.98 Å². The smallest absolute Gasteiger partial charge is 0.416 e. The Morgan fingerprint density at radius 3 is 1.95 bits per heavy atom. The van der Waals surface area contributed by atoms with E-state index in [1.54, 1.807) is 21.0 Å². The molecule has 4 aromatic rings. The van der Waals surface area contributed by atoms with Gasteiger partial charge in [-0.2, -0.15) is 26.3 Å². The van der Waals surface area contributed by atoms with Gasteiger partial charge in [0.2, 0.25) is 5.95 Å². The van der Waals surface area contributed by atoms with Gasteiger partial charge < -0.3 is 9.64 Å². The van der Waals surface area contributed by atoms with Crippen molar-refractivity contribution >= 4 is 5.95 Å². The molecule has 2 aromatic heterocycles. The van der Waals surface area contributed by atoms with Gasteiger partial charge in [-0.25, -0.2) is 9.97 Å². The molecule has 2 heterocycles. The molecule has 0 fully saturated rings. The summed E-state index contributed by atoms with van der Waals surface area (Å²) in [6, 6.07) is 11.1. The van der Waals surface area contributed by atoms with Crippen molar-refractivity contribution in [2.75, 3.05) is 12.0 Å². The number of aryl methyl sites for hydroxylation is 2. The van der Waals surface area contributed by atoms with Gasteiger partial charge in [-0.15, -0.1) is 0 Å². The lowest BCUT2D eigenvalue weighted by Crippen LogP contribution is -2.26. The fourth-order valence-electron chi connectivity index (χ4n) is 4.53. The van der Waals surface area contributed by atoms with Crippen LogP contribution in [0.5, 0.6) is 5.75 Å². The number of hydrogen-bond donors (Lipinski definition) is 0. The summed E-state index contributed by atoms with van der Waals surface area (Å²) in [5.74, 6) is 0.943. The molecule has 0 bridgehead atoms. The second-order valence-electron chi connectivity index (χ2n) is 10.4. The molecule has 0 N–H and O–H groups in total. The molecular formula is C31H30F6N4O. The van der Waals surface area contributed by atoms with E-state index in [1.165, 1.54) is 17.3 Å². The lowest BCUT2D eigenvalue weighted by atomic mass is 9.95. The van der Waals surface area contributed by atoms with Crippen molar-refractivity contribution in [2.45, 2.75) is 59.1 Å². The van der Waals surface area contributed by atoms with E-state index in [0.29, 0.717) is 22.7 Å². The van der Waals surface area contributed by atoms with Crippen LogP contribution in [0.25, 0.3) is 11.1 Å². The number of anilines is 1. The number of ether oxygens (including phenoxy) is 1. The number of benzene rings is 2. The fraction of sp³-hybridized carbons (Fsp3) is 0.323. The maximum absolute atomic E-state index is 13.6. The Kier molecular flexibility index (Phi) is 8.79. The molecule has 0 saturated carbocycles. The zero-order valence-corrected chi connectivity index (χ0v) is 23.7. The van der Waals surface area contributed by atoms with Gasteiger partial charge in [-0.05, 0) is 72.9 Å². The third-order valence-corrected chi connectivity index (χ3v) is 6.71. The van der Waals surface area contributed by atoms with Crippen molar-refractivity contribution in [3.63, 3.8) is 0 Å². The molecule has 0 unspecified atom stereocenters. The van der Waals surface area contributed by atoms with Crippen LogP contribution in [0.3, 0.4) is 0 Å². The summed E-state index contributed by atoms with van der Waals surface area (Å²) in [5.41, 5.74) is 1.49. The van der Waals surface area contributed by atoms with Crippen molar-refractivity contribution in [1.29, 1.82) is 0 Å². The van der Waals surface area contributed by atoms with Crippen LogP contribution in [0.1, 0.15) is 59.0 Å². The van der Waals surface area contributed by atoms with E-state index in [4.69, 9.17) is 9.72 Å². The van der Waals surface area contributed by atoms with Crippen molar-refractivity contribution < 1.29 is 31.1 Å². The highest BCUT2D eigenvalue weighted by Gasteiger charge is 2.37. The lowest BCUT2D eigenvalue weighted by molar-refractivity contribution is -0.143. The maximum Gasteiger partial charge on any atom is 0.416 e. The number of halogens is 6. The molecule has 0 aliphatic carbocycles. The summed E-state index contributed by atoms with van der Waals surface area (Å²) in [7, 11) is 1.55. The average molecular weight is 589 g/mol. The molecule has 0 aliphatic rings. The molecule has 0 saturated heterocycles. The predicted molar refractivity (Wildman–Crippen MR) is 148 cm³/mol. The van der Waals surface area contributed by atoms with E-state index < -0.39 is 23.5 Å². The van der Waals surface area contributed by atoms with Gasteiger partial charge in [0.15, 0.2) is 0 Å². The third-order valence-electron chi connectivity index (χ3n) is 6.71. The Labute approximate surface area is 240 Å². The van der Waals surface area contributed by atoms with E-state index in [0.717, 1.165) is 28.8 Å². The molecular weight excluding hydrogens is 558 g/mol. The summed E-state index contributed by atoms with van der Waals surface area (Å²) in [6.07, 6.45) is -6.88. The number of nitrogens with zero attached hydrogens (tertiary/aromatic N) is 4. The molecule has 2 aromatic carbocycles. The molecule has 0 spiro atoms. The highest BCUT2D eigenvalue weighted by Crippen LogP contribution is 2.38. The number of pyridine rings is 1. The third kappa shape index (κ3) is 7.18. The van der Waals surface area contributed by atoms with Crippen LogP contribution in [0.4, 0.5) is 32.3 Å². The Morgan fingerprint density at radius 1 is 0.786 bits per heavy atom. The molecule has 42 heavy (non-hydrogen) atoms. The van der Waals surface area contributed by atoms with Crippen molar-refractivity contribution in [2.24, 2.45) is 0 Å². The van der Waals surface area contributed by atoms with E-state index >= 15 is 0 Å². The van der Waals surface area contributed by atoms with E-state index in [2.05, 4.69) is 23.8 Å². The first kappa shape index (κ1) is 30.8. The quantitative estimate of drug-likeness (QED) is 0.193. The van der Waals surface area contributed by atoms with Gasteiger partial charge in [0, 0.05) is 35.8 Å². The average Bonchev–Trinajstić information content (AvgIpc) is 2.92. The summed E-state index contributed by atoms with van der Waals surface area (Å²) in [5, 5.41) is 0. The molecule has 11 heteroatoms. The summed E-state index contributed by atoms with van der Waals surface area (Å²) < 4.78 is 87.3. The van der Waals surface area contributed by atoms with Gasteiger partial charge in [0.05, 0.1) is 30.5 Å². The van der Waals surface area contributed by atoms with Crippen LogP contribution in [0.2, 0.25) is 0 Å². The number of rotatable bonds is 8. The molecule has 0 atom stereocenters. The van der Waals surface area contributed by atoms with Gasteiger partial charge >= 0.3 is 12.4 Å². The Hall–Kier alpha value is -4.15. The number of aromatic nitrogens is 3. The molecule has 4 rings (SSSR count). The molecule has 0 radical (unpaired) electrons. The predicted octanol–water partition coefficient (Wildman–Crippen LogP) is 8.53. The topological polar surface area (TPSA) is 51.1 Å². The highest BCUT2D eigenvalue weighted by atomic mass is 19.4. The second kappa shape index (κ2) is 12.0. The number of hydrogen-bond acceptors (Lipinski definition) is 5. The van der Waals surface area contributed by atoms with Crippen LogP contribution >= 0.6 is 0 Å². The van der Waals surface area contributed by atoms with Crippen LogP contribution < -0.4 is 9.64 Å². The standard InChI is InChI=1S/C31H30F6N4O/c1-18(2)22-7-9-28(42-5)26(12-22)25-8-6-20(4)40-27(25)17-41(29-38-14-19(3)15-39-29)16-21-10-23(30(32,33)34)13-24(11-21)31(35,36)37/h6-15,18H,16-17H2,1-5H3. The summed E-state index contributed by atoms with van der Waals surface area (Å²) in [6.45, 7) is 7.33. The van der Waals surface area contributed by atoms with Crippen LogP contribution in [0.15, 0.2) is 60.9 Å². The minimum absolute atomic E-state index is 0.00721. The SMILES string of the molecule is COc1ccc(C(C)C)cc1-c1ccc(C)nc1CN(Cc1cc(C(F)(F)F)cc(C(F)(F)F)c1)c1ncc(C)cn1. The Bertz CT molecular complexity index is 1520. The van der Waals surface area contributed by atoms with Crippen molar-refractivity contribution in [1.82, 2.24) is 15.0 Å². The molecule has 5 nitrogen and oxygen atoms in total. The zero-order valence-electron chi connectivity index (χ0n) is 23.7. The number of methoxy groups -OCH3 is 1. The van der Waals surface area contributed by atoms with Gasteiger partial charge in [0.25, 0.3) is 0 Å². The van der Waals surface area contributed by atoms with Gasteiger partial charge in [0.1, 0.15) is 5.75 Å². The normalized spacial score (nSPS) is 12.1. The largest absolute Gasteiger partial charge is 0.496 e. The van der Waals surface area contributed by atoms with E-state index in [1.807, 2.05) is 30.3 Å². The lowest BCUT2D eigenvalue weighted by Gasteiger charge is -2.25. The summed E-state index contributed by atoms with van der Waals surface area (Å²) in [4.78, 5) is 14.9. The monoisotopic (exact) mass is 588 g/mol. The van der Waals surface area contributed by atoms with E-state index in [9.17, 15) is 26.3 Å². The Balaban J connectivity index is 1.85. The minimum atomic E-state index is -4.97.